The number of benzene rings is 1. The van der Waals surface area contributed by atoms with Crippen molar-refractivity contribution in [3.05, 3.63) is 47.4 Å². The molecule has 2 heterocycles. The van der Waals surface area contributed by atoms with E-state index in [0.717, 1.165) is 23.6 Å². The van der Waals surface area contributed by atoms with Crippen LogP contribution < -0.4 is 9.62 Å². The van der Waals surface area contributed by atoms with Gasteiger partial charge in [0.25, 0.3) is 0 Å². The number of sulfonamides is 1. The monoisotopic (exact) mass is 439 g/mol. The fourth-order valence-corrected chi connectivity index (χ4v) is 4.27. The molecule has 2 aromatic rings. The average Bonchev–Trinajstić information content (AvgIpc) is 2.69. The van der Waals surface area contributed by atoms with Crippen LogP contribution in [0.4, 0.5) is 14.6 Å². The first-order chi connectivity index (χ1) is 14.2. The molecule has 3 rings (SSSR count). The normalized spacial score (nSPS) is 14.8. The van der Waals surface area contributed by atoms with E-state index in [2.05, 4.69) is 19.6 Å². The van der Waals surface area contributed by atoms with Crippen LogP contribution in [-0.2, 0) is 14.8 Å². The Bertz CT molecular complexity index is 1020. The number of hydrogen-bond donors (Lipinski definition) is 1. The van der Waals surface area contributed by atoms with Gasteiger partial charge in [-0.15, -0.1) is 0 Å². The molecule has 1 aliphatic heterocycles. The van der Waals surface area contributed by atoms with Crippen molar-refractivity contribution in [2.45, 2.75) is 25.2 Å². The van der Waals surface area contributed by atoms with Gasteiger partial charge in [0.05, 0.1) is 4.90 Å². The van der Waals surface area contributed by atoms with E-state index >= 15 is 0 Å². The summed E-state index contributed by atoms with van der Waals surface area (Å²) in [5.41, 5.74) is 0.879. The minimum atomic E-state index is -4.03. The van der Waals surface area contributed by atoms with E-state index in [0.29, 0.717) is 38.1 Å². The van der Waals surface area contributed by atoms with Crippen molar-refractivity contribution < 1.29 is 22.0 Å². The lowest BCUT2D eigenvalue weighted by Crippen LogP contribution is -2.49. The lowest BCUT2D eigenvalue weighted by molar-refractivity contribution is -0.131. The Kier molecular flexibility index (Phi) is 6.61. The Morgan fingerprint density at radius 1 is 1.07 bits per heavy atom. The van der Waals surface area contributed by atoms with Gasteiger partial charge in [-0.25, -0.2) is 31.9 Å². The van der Waals surface area contributed by atoms with Gasteiger partial charge >= 0.3 is 0 Å². The van der Waals surface area contributed by atoms with Crippen LogP contribution >= 0.6 is 0 Å². The molecule has 0 bridgehead atoms. The number of piperazine rings is 1. The third-order valence-electron chi connectivity index (χ3n) is 4.74. The van der Waals surface area contributed by atoms with Crippen molar-refractivity contribution in [3.8, 4) is 0 Å². The number of nitrogens with one attached hydrogen (secondary N) is 1. The number of anilines is 1. The van der Waals surface area contributed by atoms with Crippen LogP contribution in [0, 0.1) is 25.5 Å². The fourth-order valence-electron chi connectivity index (χ4n) is 3.22. The number of rotatable bonds is 6. The summed E-state index contributed by atoms with van der Waals surface area (Å²) in [7, 11) is -4.03. The first-order valence-corrected chi connectivity index (χ1v) is 10.9. The minimum absolute atomic E-state index is 0.0331. The largest absolute Gasteiger partial charge is 0.353 e. The smallest absolute Gasteiger partial charge is 0.240 e. The number of aromatic nitrogens is 2. The third kappa shape index (κ3) is 5.28. The molecule has 1 saturated heterocycles. The highest BCUT2D eigenvalue weighted by molar-refractivity contribution is 7.89. The highest BCUT2D eigenvalue weighted by atomic mass is 32.2. The van der Waals surface area contributed by atoms with Crippen LogP contribution in [0.1, 0.15) is 17.9 Å². The highest BCUT2D eigenvalue weighted by Gasteiger charge is 2.23. The lowest BCUT2D eigenvalue weighted by atomic mass is 10.2. The summed E-state index contributed by atoms with van der Waals surface area (Å²) in [6.07, 6.45) is -0.0331. The second kappa shape index (κ2) is 9.00. The van der Waals surface area contributed by atoms with Gasteiger partial charge in [-0.05, 0) is 32.0 Å². The van der Waals surface area contributed by atoms with Crippen LogP contribution in [0.15, 0.2) is 29.2 Å². The summed E-state index contributed by atoms with van der Waals surface area (Å²) in [4.78, 5) is 24.5. The van der Waals surface area contributed by atoms with Gasteiger partial charge in [-0.1, -0.05) is 0 Å². The van der Waals surface area contributed by atoms with Gasteiger partial charge in [-0.3, -0.25) is 4.79 Å². The van der Waals surface area contributed by atoms with E-state index in [9.17, 15) is 22.0 Å². The van der Waals surface area contributed by atoms with E-state index in [1.165, 1.54) is 0 Å². The zero-order valence-corrected chi connectivity index (χ0v) is 17.5. The van der Waals surface area contributed by atoms with Crippen molar-refractivity contribution >= 4 is 21.7 Å². The molecule has 162 valence electrons. The molecule has 0 saturated carbocycles. The number of hydrogen-bond acceptors (Lipinski definition) is 6. The maximum absolute atomic E-state index is 13.3. The second-order valence-corrected chi connectivity index (χ2v) is 8.77. The molecule has 0 atom stereocenters. The number of carbonyl (C=O) groups is 1. The Hall–Kier alpha value is -2.66. The summed E-state index contributed by atoms with van der Waals surface area (Å²) in [6, 6.07) is 4.22. The van der Waals surface area contributed by atoms with Crippen molar-refractivity contribution in [3.63, 3.8) is 0 Å². The summed E-state index contributed by atoms with van der Waals surface area (Å²) >= 11 is 0. The molecule has 0 aliphatic carbocycles. The molecule has 0 unspecified atom stereocenters. The molecule has 1 aromatic heterocycles. The second-order valence-electron chi connectivity index (χ2n) is 7.01. The van der Waals surface area contributed by atoms with Crippen LogP contribution in [0.5, 0.6) is 0 Å². The van der Waals surface area contributed by atoms with Gasteiger partial charge in [0.2, 0.25) is 15.9 Å². The molecule has 1 aromatic carbocycles. The molecule has 8 nitrogen and oxygen atoms in total. The maximum atomic E-state index is 13.3. The first-order valence-electron chi connectivity index (χ1n) is 9.45. The van der Waals surface area contributed by atoms with E-state index in [4.69, 9.17) is 0 Å². The Balaban J connectivity index is 1.49. The molecule has 0 spiro atoms. The number of aryl methyl sites for hydroxylation is 2. The van der Waals surface area contributed by atoms with Crippen LogP contribution in [0.25, 0.3) is 0 Å². The number of amides is 1. The molecule has 1 N–H and O–H groups in total. The number of nitrogens with zero attached hydrogens (tertiary/aromatic N) is 4. The molecular weight excluding hydrogens is 416 g/mol. The zero-order valence-electron chi connectivity index (χ0n) is 16.7. The van der Waals surface area contributed by atoms with Gasteiger partial charge in [0.15, 0.2) is 11.6 Å². The molecule has 11 heteroatoms. The van der Waals surface area contributed by atoms with Gasteiger partial charge < -0.3 is 9.80 Å². The summed E-state index contributed by atoms with van der Waals surface area (Å²) in [5, 5.41) is 0. The van der Waals surface area contributed by atoms with Crippen molar-refractivity contribution in [2.24, 2.45) is 0 Å². The quantitative estimate of drug-likeness (QED) is 0.731. The average molecular weight is 439 g/mol. The lowest BCUT2D eigenvalue weighted by Gasteiger charge is -2.35. The topological polar surface area (TPSA) is 95.5 Å². The summed E-state index contributed by atoms with van der Waals surface area (Å²) in [5.74, 6) is -1.04. The number of halogens is 2. The third-order valence-corrected chi connectivity index (χ3v) is 6.20. The van der Waals surface area contributed by atoms with Crippen molar-refractivity contribution in [1.29, 1.82) is 0 Å². The molecule has 0 radical (unpaired) electrons. The van der Waals surface area contributed by atoms with Gasteiger partial charge in [0, 0.05) is 50.9 Å². The standard InChI is InChI=1S/C19H23F2N5O3S/c1-13-11-18(24-14(2)23-13)25-7-9-26(10-8-25)19(27)5-6-22-30(28,29)15-3-4-16(20)17(21)12-15/h3-4,11-12,22H,5-10H2,1-2H3. The molecule has 1 aliphatic rings. The van der Waals surface area contributed by atoms with E-state index in [1.54, 1.807) is 4.90 Å². The molecular formula is C19H23F2N5O3S. The van der Waals surface area contributed by atoms with Gasteiger partial charge in [-0.2, -0.15) is 0 Å². The van der Waals surface area contributed by atoms with Crippen molar-refractivity contribution in [2.75, 3.05) is 37.6 Å². The SMILES string of the molecule is Cc1cc(N2CCN(C(=O)CCNS(=O)(=O)c3ccc(F)c(F)c3)CC2)nc(C)n1. The fraction of sp³-hybridized carbons (Fsp3) is 0.421. The zero-order chi connectivity index (χ0) is 21.9. The Morgan fingerprint density at radius 3 is 2.40 bits per heavy atom. The Labute approximate surface area is 174 Å². The predicted octanol–water partition coefficient (Wildman–Crippen LogP) is 1.39. The van der Waals surface area contributed by atoms with E-state index in [1.807, 2.05) is 19.9 Å². The first kappa shape index (κ1) is 22.0. The molecule has 30 heavy (non-hydrogen) atoms. The van der Waals surface area contributed by atoms with E-state index < -0.39 is 26.6 Å². The molecule has 1 fully saturated rings. The van der Waals surface area contributed by atoms with E-state index in [-0.39, 0.29) is 18.9 Å². The molecule has 1 amide bonds. The predicted molar refractivity (Wildman–Crippen MR) is 106 cm³/mol. The van der Waals surface area contributed by atoms with Crippen LogP contribution in [0.2, 0.25) is 0 Å². The summed E-state index contributed by atoms with van der Waals surface area (Å²) < 4.78 is 52.8. The van der Waals surface area contributed by atoms with Crippen LogP contribution in [0.3, 0.4) is 0 Å². The van der Waals surface area contributed by atoms with Crippen LogP contribution in [-0.4, -0.2) is 61.9 Å². The minimum Gasteiger partial charge on any atom is -0.353 e. The number of carbonyl (C=O) groups excluding carboxylic acids is 1. The Morgan fingerprint density at radius 2 is 1.77 bits per heavy atom. The van der Waals surface area contributed by atoms with Crippen molar-refractivity contribution in [1.82, 2.24) is 19.6 Å². The highest BCUT2D eigenvalue weighted by Crippen LogP contribution is 2.16. The summed E-state index contributed by atoms with van der Waals surface area (Å²) in [6.45, 7) is 5.82. The van der Waals surface area contributed by atoms with Gasteiger partial charge in [0.1, 0.15) is 11.6 Å². The maximum Gasteiger partial charge on any atom is 0.240 e.